The average molecular weight is 217 g/mol. The van der Waals surface area contributed by atoms with Crippen molar-refractivity contribution >= 4 is 17.7 Å². The minimum absolute atomic E-state index is 0.0969. The lowest BCUT2D eigenvalue weighted by molar-refractivity contribution is 0.203. The molecule has 2 rings (SSSR count). The molecule has 16 heavy (non-hydrogen) atoms. The first-order valence-corrected chi connectivity index (χ1v) is 4.29. The van der Waals surface area contributed by atoms with Crippen LogP contribution in [-0.2, 0) is 0 Å². The standard InChI is InChI=1S/C9H7N5O2/c1-3-6-4-5-7-10-11-8(14(7)12-6)13(2)9(15)16/h1,4-5H,2H3,(H,15,16). The molecule has 0 aliphatic heterocycles. The van der Waals surface area contributed by atoms with Crippen LogP contribution in [0.25, 0.3) is 5.65 Å². The molecule has 7 heteroatoms. The molecule has 0 aromatic carbocycles. The van der Waals surface area contributed by atoms with Gasteiger partial charge in [0.15, 0.2) is 5.65 Å². The summed E-state index contributed by atoms with van der Waals surface area (Å²) in [5, 5.41) is 20.3. The van der Waals surface area contributed by atoms with Crippen LogP contribution < -0.4 is 4.90 Å². The monoisotopic (exact) mass is 217 g/mol. The molecule has 0 saturated heterocycles. The minimum atomic E-state index is -1.15. The smallest absolute Gasteiger partial charge is 0.414 e. The van der Waals surface area contributed by atoms with E-state index in [4.69, 9.17) is 11.5 Å². The van der Waals surface area contributed by atoms with Crippen molar-refractivity contribution in [3.8, 4) is 12.3 Å². The quantitative estimate of drug-likeness (QED) is 0.691. The van der Waals surface area contributed by atoms with Crippen LogP contribution in [0.1, 0.15) is 5.69 Å². The Balaban J connectivity index is 2.63. The molecule has 0 atom stereocenters. The largest absolute Gasteiger partial charge is 0.465 e. The lowest BCUT2D eigenvalue weighted by atomic mass is 10.4. The van der Waals surface area contributed by atoms with E-state index in [9.17, 15) is 4.79 Å². The number of fused-ring (bicyclic) bond motifs is 1. The van der Waals surface area contributed by atoms with Crippen molar-refractivity contribution in [1.82, 2.24) is 19.8 Å². The zero-order valence-corrected chi connectivity index (χ0v) is 8.32. The number of amides is 1. The number of anilines is 1. The van der Waals surface area contributed by atoms with Crippen LogP contribution in [0, 0.1) is 12.3 Å². The SMILES string of the molecule is C#Cc1ccc2nnc(N(C)C(=O)O)n2n1. The molecule has 0 bridgehead atoms. The fourth-order valence-corrected chi connectivity index (χ4v) is 1.15. The fourth-order valence-electron chi connectivity index (χ4n) is 1.15. The van der Waals surface area contributed by atoms with Crippen molar-refractivity contribution in [2.45, 2.75) is 0 Å². The van der Waals surface area contributed by atoms with E-state index in [-0.39, 0.29) is 5.95 Å². The number of carbonyl (C=O) groups is 1. The average Bonchev–Trinajstić information content (AvgIpc) is 2.70. The normalized spacial score (nSPS) is 10.0. The van der Waals surface area contributed by atoms with Gasteiger partial charge in [0.05, 0.1) is 0 Å². The lowest BCUT2D eigenvalue weighted by Gasteiger charge is -2.08. The van der Waals surface area contributed by atoms with Gasteiger partial charge >= 0.3 is 6.09 Å². The van der Waals surface area contributed by atoms with Gasteiger partial charge in [-0.05, 0) is 18.1 Å². The van der Waals surface area contributed by atoms with Gasteiger partial charge in [-0.2, -0.15) is 9.61 Å². The fraction of sp³-hybridized carbons (Fsp3) is 0.111. The van der Waals surface area contributed by atoms with E-state index in [2.05, 4.69) is 21.2 Å². The Bertz CT molecular complexity index is 597. The van der Waals surface area contributed by atoms with Gasteiger partial charge in [0.1, 0.15) is 5.69 Å². The summed E-state index contributed by atoms with van der Waals surface area (Å²) in [6, 6.07) is 3.23. The first kappa shape index (κ1) is 9.92. The highest BCUT2D eigenvalue weighted by atomic mass is 16.4. The molecular weight excluding hydrogens is 210 g/mol. The van der Waals surface area contributed by atoms with Crippen molar-refractivity contribution in [3.05, 3.63) is 17.8 Å². The predicted molar refractivity (Wildman–Crippen MR) is 55.1 cm³/mol. The highest BCUT2D eigenvalue weighted by molar-refractivity contribution is 5.83. The minimum Gasteiger partial charge on any atom is -0.465 e. The molecule has 7 nitrogen and oxygen atoms in total. The second kappa shape index (κ2) is 3.51. The lowest BCUT2D eigenvalue weighted by Crippen LogP contribution is -2.26. The van der Waals surface area contributed by atoms with Gasteiger partial charge in [-0.15, -0.1) is 16.6 Å². The maximum Gasteiger partial charge on any atom is 0.414 e. The predicted octanol–water partition coefficient (Wildman–Crippen LogP) is 0.220. The summed E-state index contributed by atoms with van der Waals surface area (Å²) in [5.41, 5.74) is 0.814. The second-order valence-electron chi connectivity index (χ2n) is 2.97. The molecule has 80 valence electrons. The van der Waals surface area contributed by atoms with Gasteiger partial charge in [-0.25, -0.2) is 9.69 Å². The van der Waals surface area contributed by atoms with E-state index in [1.165, 1.54) is 11.6 Å². The number of nitrogens with zero attached hydrogens (tertiary/aromatic N) is 5. The Morgan fingerprint density at radius 3 is 2.94 bits per heavy atom. The van der Waals surface area contributed by atoms with Crippen molar-refractivity contribution in [3.63, 3.8) is 0 Å². The van der Waals surface area contributed by atoms with Gasteiger partial charge in [0, 0.05) is 7.05 Å². The molecule has 0 spiro atoms. The van der Waals surface area contributed by atoms with Crippen molar-refractivity contribution in [2.24, 2.45) is 0 Å². The van der Waals surface area contributed by atoms with E-state index in [0.29, 0.717) is 11.3 Å². The number of hydrogen-bond acceptors (Lipinski definition) is 4. The summed E-state index contributed by atoms with van der Waals surface area (Å²) < 4.78 is 1.28. The highest BCUT2D eigenvalue weighted by Crippen LogP contribution is 2.10. The van der Waals surface area contributed by atoms with Crippen LogP contribution in [0.3, 0.4) is 0 Å². The molecule has 0 radical (unpaired) electrons. The van der Waals surface area contributed by atoms with Crippen molar-refractivity contribution in [2.75, 3.05) is 11.9 Å². The summed E-state index contributed by atoms with van der Waals surface area (Å²) in [5.74, 6) is 2.45. The van der Waals surface area contributed by atoms with Crippen molar-refractivity contribution < 1.29 is 9.90 Å². The summed E-state index contributed by atoms with van der Waals surface area (Å²) in [6.07, 6.45) is 4.05. The third kappa shape index (κ3) is 1.42. The van der Waals surface area contributed by atoms with Crippen LogP contribution in [0.5, 0.6) is 0 Å². The molecule has 0 saturated carbocycles. The summed E-state index contributed by atoms with van der Waals surface area (Å²) in [6.45, 7) is 0. The summed E-state index contributed by atoms with van der Waals surface area (Å²) in [4.78, 5) is 11.7. The van der Waals surface area contributed by atoms with Gasteiger partial charge in [-0.1, -0.05) is 0 Å². The van der Waals surface area contributed by atoms with Gasteiger partial charge in [0.2, 0.25) is 0 Å². The molecule has 0 fully saturated rings. The number of hydrogen-bond donors (Lipinski definition) is 1. The Hall–Kier alpha value is -2.62. The summed E-state index contributed by atoms with van der Waals surface area (Å²) >= 11 is 0. The summed E-state index contributed by atoms with van der Waals surface area (Å²) in [7, 11) is 1.35. The molecule has 1 amide bonds. The maximum absolute atomic E-state index is 10.8. The van der Waals surface area contributed by atoms with E-state index in [1.807, 2.05) is 0 Å². The Morgan fingerprint density at radius 2 is 2.31 bits per heavy atom. The van der Waals surface area contributed by atoms with Crippen LogP contribution in [0.15, 0.2) is 12.1 Å². The van der Waals surface area contributed by atoms with E-state index >= 15 is 0 Å². The number of aromatic nitrogens is 4. The van der Waals surface area contributed by atoms with E-state index in [0.717, 1.165) is 4.90 Å². The van der Waals surface area contributed by atoms with Gasteiger partial charge < -0.3 is 5.11 Å². The third-order valence-corrected chi connectivity index (χ3v) is 1.98. The molecule has 2 heterocycles. The molecule has 2 aromatic rings. The maximum atomic E-state index is 10.8. The molecule has 0 unspecified atom stereocenters. The molecule has 0 aliphatic rings. The van der Waals surface area contributed by atoms with Gasteiger partial charge in [0.25, 0.3) is 5.95 Å². The molecule has 0 aliphatic carbocycles. The Morgan fingerprint density at radius 1 is 1.56 bits per heavy atom. The molecule has 1 N–H and O–H groups in total. The van der Waals surface area contributed by atoms with Crippen LogP contribution in [0.2, 0.25) is 0 Å². The van der Waals surface area contributed by atoms with Crippen LogP contribution in [0.4, 0.5) is 10.7 Å². The Kier molecular flexibility index (Phi) is 2.17. The van der Waals surface area contributed by atoms with Crippen LogP contribution >= 0.6 is 0 Å². The van der Waals surface area contributed by atoms with E-state index < -0.39 is 6.09 Å². The van der Waals surface area contributed by atoms with Crippen LogP contribution in [-0.4, -0.2) is 38.1 Å². The number of carboxylic acid groups (broad SMARTS) is 1. The topological polar surface area (TPSA) is 83.6 Å². The first-order valence-electron chi connectivity index (χ1n) is 4.29. The van der Waals surface area contributed by atoms with Gasteiger partial charge in [-0.3, -0.25) is 0 Å². The Labute approximate surface area is 90.3 Å². The zero-order chi connectivity index (χ0) is 11.7. The third-order valence-electron chi connectivity index (χ3n) is 1.98. The van der Waals surface area contributed by atoms with E-state index in [1.54, 1.807) is 12.1 Å². The number of terminal acetylenes is 1. The highest BCUT2D eigenvalue weighted by Gasteiger charge is 2.16. The number of rotatable bonds is 1. The molecular formula is C9H7N5O2. The molecule has 2 aromatic heterocycles. The first-order chi connectivity index (χ1) is 7.63. The van der Waals surface area contributed by atoms with Crippen molar-refractivity contribution in [1.29, 1.82) is 0 Å². The zero-order valence-electron chi connectivity index (χ0n) is 8.32. The second-order valence-corrected chi connectivity index (χ2v) is 2.97.